The first-order chi connectivity index (χ1) is 18.5. The van der Waals surface area contributed by atoms with E-state index in [1.807, 2.05) is 0 Å². The average Bonchev–Trinajstić information content (AvgIpc) is 3.42. The van der Waals surface area contributed by atoms with E-state index in [1.54, 1.807) is 30.3 Å². The second kappa shape index (κ2) is 10.3. The van der Waals surface area contributed by atoms with Gasteiger partial charge >= 0.3 is 5.76 Å². The zero-order chi connectivity index (χ0) is 27.9. The molecule has 0 bridgehead atoms. The van der Waals surface area contributed by atoms with Crippen LogP contribution in [0.4, 0.5) is 17.6 Å². The average molecular weight is 548 g/mol. The lowest BCUT2D eigenvalue weighted by Crippen LogP contribution is -2.48. The highest BCUT2D eigenvalue weighted by atomic mass is 19.3. The number of aryl methyl sites for hydroxylation is 1. The second-order valence-electron chi connectivity index (χ2n) is 9.87. The Kier molecular flexibility index (Phi) is 7.00. The molecule has 1 aliphatic carbocycles. The lowest BCUT2D eigenvalue weighted by Gasteiger charge is -2.35. The first-order valence-corrected chi connectivity index (χ1v) is 12.4. The van der Waals surface area contributed by atoms with E-state index >= 15 is 0 Å². The van der Waals surface area contributed by atoms with Gasteiger partial charge in [-0.2, -0.15) is 9.07 Å². The number of rotatable bonds is 7. The van der Waals surface area contributed by atoms with E-state index < -0.39 is 73.0 Å². The largest absolute Gasteiger partial charge is 0.437 e. The molecule has 0 radical (unpaired) electrons. The van der Waals surface area contributed by atoms with Crippen molar-refractivity contribution in [1.29, 1.82) is 0 Å². The minimum absolute atomic E-state index is 0.0503. The number of pyridine rings is 1. The summed E-state index contributed by atoms with van der Waals surface area (Å²) in [5.74, 6) is -6.59. The summed E-state index contributed by atoms with van der Waals surface area (Å²) in [6, 6.07) is 9.19. The van der Waals surface area contributed by atoms with Crippen molar-refractivity contribution < 1.29 is 31.6 Å². The van der Waals surface area contributed by atoms with Crippen molar-refractivity contribution in [3.8, 4) is 0 Å². The second-order valence-corrected chi connectivity index (χ2v) is 9.87. The van der Waals surface area contributed by atoms with Crippen LogP contribution in [0.2, 0.25) is 0 Å². The van der Waals surface area contributed by atoms with Gasteiger partial charge in [0.05, 0.1) is 18.3 Å². The van der Waals surface area contributed by atoms with E-state index in [0.717, 1.165) is 9.58 Å². The summed E-state index contributed by atoms with van der Waals surface area (Å²) < 4.78 is 61.6. The number of benzene rings is 1. The molecule has 39 heavy (non-hydrogen) atoms. The molecule has 1 aromatic carbocycles. The molecule has 2 aliphatic rings. The minimum Gasteiger partial charge on any atom is -0.393 e. The number of hydrogen-bond donors (Lipinski definition) is 1. The first kappa shape index (κ1) is 26.6. The number of halogens is 4. The van der Waals surface area contributed by atoms with Crippen LogP contribution in [0.5, 0.6) is 0 Å². The van der Waals surface area contributed by atoms with Gasteiger partial charge in [-0.05, 0) is 17.5 Å². The summed E-state index contributed by atoms with van der Waals surface area (Å²) in [4.78, 5) is 43.1. The van der Waals surface area contributed by atoms with Crippen LogP contribution < -0.4 is 11.1 Å². The van der Waals surface area contributed by atoms with E-state index in [-0.39, 0.29) is 30.1 Å². The fourth-order valence-corrected chi connectivity index (χ4v) is 5.06. The predicted octanol–water partition coefficient (Wildman–Crippen LogP) is 3.04. The molecule has 2 fully saturated rings. The number of hydrogen-bond acceptors (Lipinski definition) is 6. The minimum atomic E-state index is -2.82. The van der Waals surface area contributed by atoms with Gasteiger partial charge in [-0.3, -0.25) is 9.59 Å². The third-order valence-electron chi connectivity index (χ3n) is 7.01. The van der Waals surface area contributed by atoms with Crippen molar-refractivity contribution in [2.75, 3.05) is 6.54 Å². The maximum absolute atomic E-state index is 14.9. The van der Waals surface area contributed by atoms with Crippen LogP contribution in [-0.4, -0.2) is 56.2 Å². The number of amides is 2. The van der Waals surface area contributed by atoms with Crippen LogP contribution in [0, 0.1) is 12.9 Å². The van der Waals surface area contributed by atoms with E-state index in [1.165, 1.54) is 19.1 Å². The van der Waals surface area contributed by atoms with Crippen molar-refractivity contribution in [2.24, 2.45) is 0 Å². The Morgan fingerprint density at radius 3 is 2.51 bits per heavy atom. The quantitative estimate of drug-likeness (QED) is 0.360. The smallest absolute Gasteiger partial charge is 0.393 e. The molecule has 13 heteroatoms. The number of nitrogens with zero attached hydrogens (tertiary/aromatic N) is 4. The van der Waals surface area contributed by atoms with E-state index in [0.29, 0.717) is 5.56 Å². The van der Waals surface area contributed by atoms with Gasteiger partial charge in [0.25, 0.3) is 0 Å². The van der Waals surface area contributed by atoms with Crippen LogP contribution in [0.15, 0.2) is 51.7 Å². The Morgan fingerprint density at radius 2 is 1.90 bits per heavy atom. The molecule has 2 aromatic heterocycles. The fraction of sp³-hybridized carbons (Fsp3) is 0.423. The van der Waals surface area contributed by atoms with Gasteiger partial charge < -0.3 is 14.6 Å². The molecule has 0 spiro atoms. The maximum Gasteiger partial charge on any atom is 0.437 e. The summed E-state index contributed by atoms with van der Waals surface area (Å²) in [5.41, 5.74) is 0.728. The summed E-state index contributed by atoms with van der Waals surface area (Å²) in [7, 11) is 0. The summed E-state index contributed by atoms with van der Waals surface area (Å²) >= 11 is 0. The highest BCUT2D eigenvalue weighted by molar-refractivity contribution is 5.88. The normalized spacial score (nSPS) is 21.4. The monoisotopic (exact) mass is 547 g/mol. The zero-order valence-electron chi connectivity index (χ0n) is 20.8. The highest BCUT2D eigenvalue weighted by Crippen LogP contribution is 2.48. The van der Waals surface area contributed by atoms with Gasteiger partial charge in [0.15, 0.2) is 0 Å². The summed E-state index contributed by atoms with van der Waals surface area (Å²) in [6.45, 7) is 0.538. The van der Waals surface area contributed by atoms with Crippen LogP contribution in [-0.2, 0) is 16.1 Å². The van der Waals surface area contributed by atoms with Crippen LogP contribution in [0.25, 0.3) is 0 Å². The van der Waals surface area contributed by atoms with Gasteiger partial charge in [0.1, 0.15) is 18.8 Å². The molecule has 3 unspecified atom stereocenters. The molecule has 1 saturated heterocycles. The molecule has 3 heterocycles. The number of likely N-dealkylation sites (tertiary alicyclic amines) is 1. The molecular formula is C26H25F4N5O4. The Labute approximate surface area is 219 Å². The topological polar surface area (TPSA) is 110 Å². The third kappa shape index (κ3) is 5.57. The van der Waals surface area contributed by atoms with Crippen LogP contribution in [0.3, 0.4) is 0 Å². The van der Waals surface area contributed by atoms with E-state index in [9.17, 15) is 31.9 Å². The van der Waals surface area contributed by atoms with Crippen molar-refractivity contribution in [3.63, 3.8) is 0 Å². The number of carbonyl (C=O) groups is 2. The van der Waals surface area contributed by atoms with Crippen molar-refractivity contribution in [1.82, 2.24) is 25.0 Å². The van der Waals surface area contributed by atoms with Crippen molar-refractivity contribution in [3.05, 3.63) is 81.7 Å². The number of carbonyl (C=O) groups excluding carboxylic acids is 2. The Hall–Kier alpha value is -4.03. The van der Waals surface area contributed by atoms with Crippen LogP contribution in [0.1, 0.15) is 53.9 Å². The number of aromatic nitrogens is 3. The van der Waals surface area contributed by atoms with E-state index in [4.69, 9.17) is 4.42 Å². The van der Waals surface area contributed by atoms with Gasteiger partial charge in [-0.1, -0.05) is 36.4 Å². The van der Waals surface area contributed by atoms with Gasteiger partial charge in [0.2, 0.25) is 29.6 Å². The number of nitrogens with one attached hydrogen (secondary N) is 1. The fourth-order valence-electron chi connectivity index (χ4n) is 5.06. The molecule has 1 aliphatic heterocycles. The molecule has 9 nitrogen and oxygen atoms in total. The first-order valence-electron chi connectivity index (χ1n) is 12.4. The van der Waals surface area contributed by atoms with Gasteiger partial charge in [-0.25, -0.2) is 22.9 Å². The molecule has 206 valence electrons. The molecule has 3 atom stereocenters. The summed E-state index contributed by atoms with van der Waals surface area (Å²) in [6.07, 6.45) is -2.67. The lowest BCUT2D eigenvalue weighted by molar-refractivity contribution is -0.139. The lowest BCUT2D eigenvalue weighted by atomic mass is 9.77. The maximum atomic E-state index is 14.9. The number of alkyl halides is 3. The van der Waals surface area contributed by atoms with Gasteiger partial charge in [-0.15, -0.1) is 5.10 Å². The van der Waals surface area contributed by atoms with Gasteiger partial charge in [0, 0.05) is 31.7 Å². The Morgan fingerprint density at radius 1 is 1.18 bits per heavy atom. The molecular weight excluding hydrogens is 522 g/mol. The van der Waals surface area contributed by atoms with E-state index in [2.05, 4.69) is 15.4 Å². The van der Waals surface area contributed by atoms with Crippen molar-refractivity contribution >= 4 is 11.8 Å². The Balaban J connectivity index is 1.37. The standard InChI is InChI=1S/C26H25F4N5O4/c1-14-33-35(25(38)39-14)13-21(36)34-12-17(27)9-20(34)24(37)32-22(15-5-3-2-4-6-15)19-8-7-18(23(28)31-19)16-10-26(29,30)11-16/h2-8,16-17,20,22H,9-13H2,1H3,(H,32,37). The predicted molar refractivity (Wildman–Crippen MR) is 128 cm³/mol. The molecule has 5 rings (SSSR count). The van der Waals surface area contributed by atoms with Crippen molar-refractivity contribution in [2.45, 2.75) is 62.8 Å². The SMILES string of the molecule is Cc1nn(CC(=O)N2CC(F)CC2C(=O)NC(c2ccccc2)c2ccc(C3CC(F)(F)C3)c(F)n2)c(=O)o1. The molecule has 1 N–H and O–H groups in total. The summed E-state index contributed by atoms with van der Waals surface area (Å²) in [5, 5.41) is 6.54. The Bertz CT molecular complexity index is 1440. The zero-order valence-corrected chi connectivity index (χ0v) is 20.8. The third-order valence-corrected chi connectivity index (χ3v) is 7.01. The highest BCUT2D eigenvalue weighted by Gasteiger charge is 2.47. The molecule has 1 saturated carbocycles. The van der Waals surface area contributed by atoms with Crippen LogP contribution >= 0.6 is 0 Å². The molecule has 3 aromatic rings. The molecule has 2 amide bonds.